The van der Waals surface area contributed by atoms with E-state index in [1.165, 1.54) is 26.8 Å². The lowest BCUT2D eigenvalue weighted by Crippen LogP contribution is -2.53. The Morgan fingerprint density at radius 1 is 1.29 bits per heavy atom. The Labute approximate surface area is 181 Å². The first-order valence-electron chi connectivity index (χ1n) is 10.2. The molecule has 3 N–H and O–H groups in total. The van der Waals surface area contributed by atoms with Gasteiger partial charge in [-0.25, -0.2) is 9.78 Å². The van der Waals surface area contributed by atoms with E-state index in [1.54, 1.807) is 12.3 Å². The maximum Gasteiger partial charge on any atom is 0.422 e. The minimum absolute atomic E-state index is 0.187. The van der Waals surface area contributed by atoms with Gasteiger partial charge in [0.15, 0.2) is 0 Å². The van der Waals surface area contributed by atoms with Crippen LogP contribution < -0.4 is 15.2 Å². The Morgan fingerprint density at radius 3 is 2.58 bits per heavy atom. The zero-order valence-corrected chi connectivity index (χ0v) is 18.8. The van der Waals surface area contributed by atoms with E-state index >= 15 is 0 Å². The summed E-state index contributed by atoms with van der Waals surface area (Å²) < 4.78 is 27.8. The summed E-state index contributed by atoms with van der Waals surface area (Å²) in [5, 5.41) is 10.2. The van der Waals surface area contributed by atoms with Gasteiger partial charge in [-0.3, -0.25) is 4.79 Å². The maximum atomic E-state index is 12.4. The Morgan fingerprint density at radius 2 is 1.97 bits per heavy atom. The number of nitrogens with zero attached hydrogens (tertiary/aromatic N) is 3. The van der Waals surface area contributed by atoms with Crippen LogP contribution in [-0.4, -0.2) is 59.1 Å². The van der Waals surface area contributed by atoms with Gasteiger partial charge < -0.3 is 15.0 Å². The van der Waals surface area contributed by atoms with Gasteiger partial charge in [-0.2, -0.15) is 17.4 Å². The molecular formula is C20H29N5O5S. The van der Waals surface area contributed by atoms with Crippen molar-refractivity contribution in [1.29, 1.82) is 0 Å². The van der Waals surface area contributed by atoms with E-state index in [2.05, 4.69) is 19.6 Å². The lowest BCUT2D eigenvalue weighted by Gasteiger charge is -2.34. The summed E-state index contributed by atoms with van der Waals surface area (Å²) in [6.45, 7) is 6.40. The van der Waals surface area contributed by atoms with Crippen molar-refractivity contribution in [3.05, 3.63) is 34.7 Å². The minimum atomic E-state index is -4.12. The molecule has 31 heavy (non-hydrogen) atoms. The predicted molar refractivity (Wildman–Crippen MR) is 118 cm³/mol. The topological polar surface area (TPSA) is 136 Å². The highest BCUT2D eigenvalue weighted by Gasteiger charge is 2.37. The molecular weight excluding hydrogens is 422 g/mol. The number of hydrogen-bond donors (Lipinski definition) is 3. The molecule has 0 unspecified atom stereocenters. The second-order valence-corrected chi connectivity index (χ2v) is 10.4. The van der Waals surface area contributed by atoms with Gasteiger partial charge >= 0.3 is 16.3 Å². The molecule has 3 rings (SSSR count). The molecule has 2 aromatic heterocycles. The van der Waals surface area contributed by atoms with Gasteiger partial charge in [0.05, 0.1) is 5.54 Å². The third-order valence-electron chi connectivity index (χ3n) is 5.43. The van der Waals surface area contributed by atoms with E-state index in [0.29, 0.717) is 22.3 Å². The van der Waals surface area contributed by atoms with Gasteiger partial charge in [0.1, 0.15) is 5.65 Å². The van der Waals surface area contributed by atoms with Crippen LogP contribution in [0.25, 0.3) is 11.0 Å². The van der Waals surface area contributed by atoms with E-state index in [1.807, 2.05) is 6.07 Å². The highest BCUT2D eigenvalue weighted by Crippen LogP contribution is 2.29. The summed E-state index contributed by atoms with van der Waals surface area (Å²) in [5.41, 5.74) is 0.318. The molecule has 170 valence electrons. The molecule has 0 spiro atoms. The van der Waals surface area contributed by atoms with Crippen molar-refractivity contribution in [2.24, 2.45) is 5.92 Å². The monoisotopic (exact) mass is 451 g/mol. The SMILES string of the molecule is CC(C)(C)N(C(=O)O)S(=O)(=O)NCCC1CCN(c2ccnc3[nH]c(=O)ccc23)CC1. The first-order chi connectivity index (χ1) is 14.5. The van der Waals surface area contributed by atoms with Crippen molar-refractivity contribution in [3.63, 3.8) is 0 Å². The molecule has 1 amide bonds. The minimum Gasteiger partial charge on any atom is -0.464 e. The van der Waals surface area contributed by atoms with Crippen LogP contribution in [0.1, 0.15) is 40.0 Å². The van der Waals surface area contributed by atoms with Crippen molar-refractivity contribution in [3.8, 4) is 0 Å². The van der Waals surface area contributed by atoms with Gasteiger partial charge in [0.2, 0.25) is 5.56 Å². The largest absolute Gasteiger partial charge is 0.464 e. The zero-order valence-electron chi connectivity index (χ0n) is 18.0. The molecule has 11 heteroatoms. The summed E-state index contributed by atoms with van der Waals surface area (Å²) in [6, 6.07) is 5.20. The number of anilines is 1. The highest BCUT2D eigenvalue weighted by atomic mass is 32.2. The molecule has 1 aliphatic heterocycles. The Bertz CT molecular complexity index is 1100. The fourth-order valence-electron chi connectivity index (χ4n) is 3.99. The average Bonchev–Trinajstić information content (AvgIpc) is 2.66. The fraction of sp³-hybridized carbons (Fsp3) is 0.550. The zero-order chi connectivity index (χ0) is 22.8. The number of piperidine rings is 1. The second-order valence-electron chi connectivity index (χ2n) is 8.75. The third-order valence-corrected chi connectivity index (χ3v) is 7.18. The maximum absolute atomic E-state index is 12.4. The molecule has 0 atom stereocenters. The first-order valence-corrected chi connectivity index (χ1v) is 11.7. The molecule has 0 radical (unpaired) electrons. The van der Waals surface area contributed by atoms with E-state index < -0.39 is 21.8 Å². The van der Waals surface area contributed by atoms with Crippen molar-refractivity contribution in [1.82, 2.24) is 19.0 Å². The standard InChI is InChI=1S/C20H29N5O5S/c1-20(2,3)25(19(27)28)31(29,30)22-11-6-14-8-12-24(13-9-14)16-7-10-21-18-15(16)4-5-17(26)23-18/h4-5,7,10,14,22H,6,8-9,11-13H2,1-3H3,(H,27,28)(H,21,23,26). The van der Waals surface area contributed by atoms with Gasteiger partial charge in [-0.05, 0) is 58.1 Å². The summed E-state index contributed by atoms with van der Waals surface area (Å²) in [6.07, 6.45) is 2.58. The molecule has 2 aromatic rings. The molecule has 0 aromatic carbocycles. The van der Waals surface area contributed by atoms with E-state index in [0.717, 1.165) is 37.0 Å². The number of nitrogens with one attached hydrogen (secondary N) is 2. The lowest BCUT2D eigenvalue weighted by atomic mass is 9.93. The van der Waals surface area contributed by atoms with Gasteiger partial charge in [-0.1, -0.05) is 0 Å². The number of rotatable bonds is 6. The van der Waals surface area contributed by atoms with E-state index in [-0.39, 0.29) is 12.1 Å². The van der Waals surface area contributed by atoms with E-state index in [4.69, 9.17) is 0 Å². The number of aromatic nitrogens is 2. The van der Waals surface area contributed by atoms with Gasteiger partial charge in [0.25, 0.3) is 0 Å². The Kier molecular flexibility index (Phi) is 6.56. The van der Waals surface area contributed by atoms with Crippen LogP contribution in [0, 0.1) is 5.92 Å². The quantitative estimate of drug-likeness (QED) is 0.612. The smallest absolute Gasteiger partial charge is 0.422 e. The number of carbonyl (C=O) groups is 1. The molecule has 1 saturated heterocycles. The number of aromatic amines is 1. The van der Waals surface area contributed by atoms with Crippen LogP contribution in [0.4, 0.5) is 10.5 Å². The van der Waals surface area contributed by atoms with Crippen LogP contribution >= 0.6 is 0 Å². The number of pyridine rings is 2. The van der Waals surface area contributed by atoms with Crippen LogP contribution in [0.2, 0.25) is 0 Å². The summed E-state index contributed by atoms with van der Waals surface area (Å²) in [7, 11) is -4.12. The summed E-state index contributed by atoms with van der Waals surface area (Å²) in [4.78, 5) is 32.2. The predicted octanol–water partition coefficient (Wildman–Crippen LogP) is 2.14. The molecule has 1 aliphatic rings. The number of hydrogen-bond acceptors (Lipinski definition) is 6. The van der Waals surface area contributed by atoms with Crippen molar-refractivity contribution in [2.75, 3.05) is 24.5 Å². The van der Waals surface area contributed by atoms with Gasteiger partial charge in [-0.15, -0.1) is 0 Å². The van der Waals surface area contributed by atoms with Crippen molar-refractivity contribution < 1.29 is 18.3 Å². The first kappa shape index (κ1) is 23.0. The van der Waals surface area contributed by atoms with Crippen LogP contribution in [0.5, 0.6) is 0 Å². The molecule has 1 fully saturated rings. The van der Waals surface area contributed by atoms with Crippen molar-refractivity contribution >= 4 is 33.0 Å². The Hall–Kier alpha value is -2.66. The highest BCUT2D eigenvalue weighted by molar-refractivity contribution is 7.87. The molecule has 3 heterocycles. The number of carboxylic acid groups (broad SMARTS) is 1. The lowest BCUT2D eigenvalue weighted by molar-refractivity contribution is 0.145. The van der Waals surface area contributed by atoms with Crippen LogP contribution in [0.3, 0.4) is 0 Å². The van der Waals surface area contributed by atoms with E-state index in [9.17, 15) is 23.1 Å². The molecule has 0 saturated carbocycles. The van der Waals surface area contributed by atoms with Crippen LogP contribution in [0.15, 0.2) is 29.2 Å². The number of fused-ring (bicyclic) bond motifs is 1. The molecule has 0 bridgehead atoms. The average molecular weight is 452 g/mol. The fourth-order valence-corrected chi connectivity index (χ4v) is 5.42. The van der Waals surface area contributed by atoms with Gasteiger partial charge in [0, 0.05) is 43.0 Å². The van der Waals surface area contributed by atoms with Crippen LogP contribution in [-0.2, 0) is 10.2 Å². The summed E-state index contributed by atoms with van der Waals surface area (Å²) in [5.74, 6) is 0.333. The normalized spacial score (nSPS) is 15.9. The number of amides is 1. The number of H-pyrrole nitrogens is 1. The molecule has 10 nitrogen and oxygen atoms in total. The Balaban J connectivity index is 1.57. The summed E-state index contributed by atoms with van der Waals surface area (Å²) >= 11 is 0. The third kappa shape index (κ3) is 5.34. The second kappa shape index (κ2) is 8.83. The van der Waals surface area contributed by atoms with Crippen molar-refractivity contribution in [2.45, 2.75) is 45.6 Å². The molecule has 0 aliphatic carbocycles.